The van der Waals surface area contributed by atoms with Gasteiger partial charge in [-0.3, -0.25) is 4.79 Å². The fraction of sp³-hybridized carbons (Fsp3) is 0.812. The van der Waals surface area contributed by atoms with Crippen LogP contribution in [0.3, 0.4) is 0 Å². The molecule has 2 aliphatic carbocycles. The topological polar surface area (TPSA) is 17.1 Å². The standard InChI is InChI=1S/C16H26O/c1-5-6-8-12-11-16(15(2,3)4)10-7-9-13(17)14(12)16/h11,14H,5-10H2,1-4H3. The normalized spacial score (nSPS) is 32.8. The van der Waals surface area contributed by atoms with Gasteiger partial charge < -0.3 is 0 Å². The minimum atomic E-state index is 0.186. The first kappa shape index (κ1) is 12.9. The Hall–Kier alpha value is -0.590. The molecule has 0 N–H and O–H groups in total. The monoisotopic (exact) mass is 234 g/mol. The molecule has 0 bridgehead atoms. The van der Waals surface area contributed by atoms with Crippen molar-refractivity contribution in [2.45, 2.75) is 66.2 Å². The lowest BCUT2D eigenvalue weighted by atomic mass is 9.45. The minimum absolute atomic E-state index is 0.186. The minimum Gasteiger partial charge on any atom is -0.299 e. The molecule has 0 spiro atoms. The summed E-state index contributed by atoms with van der Waals surface area (Å²) < 4.78 is 0. The Morgan fingerprint density at radius 1 is 1.41 bits per heavy atom. The van der Waals surface area contributed by atoms with E-state index >= 15 is 0 Å². The van der Waals surface area contributed by atoms with Crippen LogP contribution in [0, 0.1) is 16.7 Å². The smallest absolute Gasteiger partial charge is 0.140 e. The molecule has 0 radical (unpaired) electrons. The molecule has 2 aliphatic rings. The Balaban J connectivity index is 2.26. The van der Waals surface area contributed by atoms with Crippen LogP contribution in [0.2, 0.25) is 0 Å². The molecule has 1 nitrogen and oxygen atoms in total. The Labute approximate surface area is 106 Å². The molecule has 1 saturated carbocycles. The molecule has 0 aromatic rings. The van der Waals surface area contributed by atoms with Crippen molar-refractivity contribution in [2.75, 3.05) is 0 Å². The number of carbonyl (C=O) groups is 1. The first-order chi connectivity index (χ1) is 7.92. The number of hydrogen-bond donors (Lipinski definition) is 0. The molecule has 2 atom stereocenters. The highest BCUT2D eigenvalue weighted by Crippen LogP contribution is 2.62. The third kappa shape index (κ3) is 1.88. The molecule has 0 amide bonds. The van der Waals surface area contributed by atoms with E-state index in [1.54, 1.807) is 0 Å². The van der Waals surface area contributed by atoms with Crippen molar-refractivity contribution in [2.24, 2.45) is 16.7 Å². The highest BCUT2D eigenvalue weighted by atomic mass is 16.1. The van der Waals surface area contributed by atoms with Crippen LogP contribution in [0.5, 0.6) is 0 Å². The largest absolute Gasteiger partial charge is 0.299 e. The maximum atomic E-state index is 12.2. The number of carbonyl (C=O) groups excluding carboxylic acids is 1. The molecule has 2 unspecified atom stereocenters. The molecule has 0 heterocycles. The average molecular weight is 234 g/mol. The summed E-state index contributed by atoms with van der Waals surface area (Å²) in [7, 11) is 0. The van der Waals surface area contributed by atoms with Gasteiger partial charge in [0.05, 0.1) is 0 Å². The molecule has 0 aromatic heterocycles. The van der Waals surface area contributed by atoms with Gasteiger partial charge in [-0.1, -0.05) is 45.8 Å². The highest BCUT2D eigenvalue weighted by molar-refractivity contribution is 5.88. The summed E-state index contributed by atoms with van der Waals surface area (Å²) in [5.74, 6) is 0.780. The predicted molar refractivity (Wildman–Crippen MR) is 71.8 cm³/mol. The van der Waals surface area contributed by atoms with E-state index in [1.807, 2.05) is 0 Å². The van der Waals surface area contributed by atoms with Crippen LogP contribution in [0.15, 0.2) is 11.6 Å². The van der Waals surface area contributed by atoms with Gasteiger partial charge in [0.2, 0.25) is 0 Å². The lowest BCUT2D eigenvalue weighted by molar-refractivity contribution is -0.133. The predicted octanol–water partition coefficient (Wildman–Crippen LogP) is 4.52. The van der Waals surface area contributed by atoms with Gasteiger partial charge >= 0.3 is 0 Å². The number of ketones is 1. The van der Waals surface area contributed by atoms with Gasteiger partial charge in [-0.2, -0.15) is 0 Å². The van der Waals surface area contributed by atoms with E-state index < -0.39 is 0 Å². The third-order valence-electron chi connectivity index (χ3n) is 4.88. The zero-order chi connectivity index (χ0) is 12.7. The van der Waals surface area contributed by atoms with E-state index in [2.05, 4.69) is 33.8 Å². The molecule has 1 fully saturated rings. The fourth-order valence-corrected chi connectivity index (χ4v) is 3.76. The number of hydrogen-bond acceptors (Lipinski definition) is 1. The molecule has 0 saturated heterocycles. The molecule has 0 aromatic carbocycles. The van der Waals surface area contributed by atoms with E-state index in [1.165, 1.54) is 24.8 Å². The number of unbranched alkanes of at least 4 members (excludes halogenated alkanes) is 1. The molecule has 0 aliphatic heterocycles. The van der Waals surface area contributed by atoms with Gasteiger partial charge in [0.25, 0.3) is 0 Å². The molecular formula is C16H26O. The number of rotatable bonds is 3. The lowest BCUT2D eigenvalue weighted by Crippen LogP contribution is -2.53. The summed E-state index contributed by atoms with van der Waals surface area (Å²) in [5, 5.41) is 0. The molecule has 2 rings (SSSR count). The van der Waals surface area contributed by atoms with E-state index in [0.29, 0.717) is 5.78 Å². The highest BCUT2D eigenvalue weighted by Gasteiger charge is 2.57. The Morgan fingerprint density at radius 2 is 2.12 bits per heavy atom. The second-order valence-corrected chi connectivity index (χ2v) is 6.87. The van der Waals surface area contributed by atoms with Gasteiger partial charge in [-0.05, 0) is 31.1 Å². The zero-order valence-electron chi connectivity index (χ0n) is 11.8. The second-order valence-electron chi connectivity index (χ2n) is 6.87. The molecule has 17 heavy (non-hydrogen) atoms. The Bertz CT molecular complexity index is 345. The SMILES string of the molecule is CCCCC1=CC2(C(C)(C)C)CCCC(=O)C12. The van der Waals surface area contributed by atoms with E-state index in [0.717, 1.165) is 19.3 Å². The van der Waals surface area contributed by atoms with Crippen molar-refractivity contribution in [1.29, 1.82) is 0 Å². The summed E-state index contributed by atoms with van der Waals surface area (Å²) in [6, 6.07) is 0. The lowest BCUT2D eigenvalue weighted by Gasteiger charge is -2.57. The van der Waals surface area contributed by atoms with Crippen LogP contribution in [0.1, 0.15) is 66.2 Å². The van der Waals surface area contributed by atoms with Gasteiger partial charge in [-0.25, -0.2) is 0 Å². The van der Waals surface area contributed by atoms with Crippen molar-refractivity contribution >= 4 is 5.78 Å². The first-order valence-electron chi connectivity index (χ1n) is 7.17. The summed E-state index contributed by atoms with van der Waals surface area (Å²) in [6.45, 7) is 9.11. The quantitative estimate of drug-likeness (QED) is 0.656. The van der Waals surface area contributed by atoms with Crippen molar-refractivity contribution in [3.63, 3.8) is 0 Å². The molecule has 1 heteroatoms. The van der Waals surface area contributed by atoms with Crippen molar-refractivity contribution in [1.82, 2.24) is 0 Å². The van der Waals surface area contributed by atoms with Gasteiger partial charge in [0.15, 0.2) is 0 Å². The van der Waals surface area contributed by atoms with Gasteiger partial charge in [-0.15, -0.1) is 0 Å². The second kappa shape index (κ2) is 4.26. The first-order valence-corrected chi connectivity index (χ1v) is 7.17. The molecule has 96 valence electrons. The number of Topliss-reactive ketones (excluding diaryl/α,β-unsaturated/α-hetero) is 1. The summed E-state index contributed by atoms with van der Waals surface area (Å²) in [4.78, 5) is 12.2. The zero-order valence-corrected chi connectivity index (χ0v) is 11.8. The molecular weight excluding hydrogens is 208 g/mol. The summed E-state index contributed by atoms with van der Waals surface area (Å²) in [6.07, 6.45) is 9.17. The summed E-state index contributed by atoms with van der Waals surface area (Å²) in [5.41, 5.74) is 1.86. The van der Waals surface area contributed by atoms with E-state index in [4.69, 9.17) is 0 Å². The Morgan fingerprint density at radius 3 is 2.71 bits per heavy atom. The Kier molecular flexibility index (Phi) is 3.22. The van der Waals surface area contributed by atoms with Crippen molar-refractivity contribution < 1.29 is 4.79 Å². The van der Waals surface area contributed by atoms with Gasteiger partial charge in [0, 0.05) is 17.8 Å². The van der Waals surface area contributed by atoms with E-state index in [-0.39, 0.29) is 16.7 Å². The third-order valence-corrected chi connectivity index (χ3v) is 4.88. The van der Waals surface area contributed by atoms with Crippen LogP contribution >= 0.6 is 0 Å². The van der Waals surface area contributed by atoms with Crippen LogP contribution in [-0.4, -0.2) is 5.78 Å². The number of fused-ring (bicyclic) bond motifs is 1. The van der Waals surface area contributed by atoms with Crippen LogP contribution in [-0.2, 0) is 4.79 Å². The van der Waals surface area contributed by atoms with Crippen LogP contribution in [0.25, 0.3) is 0 Å². The van der Waals surface area contributed by atoms with Gasteiger partial charge in [0.1, 0.15) is 5.78 Å². The van der Waals surface area contributed by atoms with Crippen molar-refractivity contribution in [3.8, 4) is 0 Å². The van der Waals surface area contributed by atoms with E-state index in [9.17, 15) is 4.79 Å². The number of allylic oxidation sites excluding steroid dienone is 2. The van der Waals surface area contributed by atoms with Crippen molar-refractivity contribution in [3.05, 3.63) is 11.6 Å². The fourth-order valence-electron chi connectivity index (χ4n) is 3.76. The van der Waals surface area contributed by atoms with Crippen LogP contribution in [0.4, 0.5) is 0 Å². The summed E-state index contributed by atoms with van der Waals surface area (Å²) >= 11 is 0. The maximum absolute atomic E-state index is 12.2. The van der Waals surface area contributed by atoms with Crippen LogP contribution < -0.4 is 0 Å². The average Bonchev–Trinajstić information content (AvgIpc) is 2.17. The maximum Gasteiger partial charge on any atom is 0.140 e.